The molecular formula is C17H26FN. The van der Waals surface area contributed by atoms with Crippen molar-refractivity contribution in [3.05, 3.63) is 35.1 Å². The molecular weight excluding hydrogens is 237 g/mol. The highest BCUT2D eigenvalue weighted by molar-refractivity contribution is 5.27. The van der Waals surface area contributed by atoms with Gasteiger partial charge in [0.25, 0.3) is 0 Å². The third-order valence-corrected chi connectivity index (χ3v) is 4.58. The quantitative estimate of drug-likeness (QED) is 0.809. The van der Waals surface area contributed by atoms with Crippen LogP contribution in [0.2, 0.25) is 0 Å². The highest BCUT2D eigenvalue weighted by Gasteiger charge is 2.17. The van der Waals surface area contributed by atoms with Crippen molar-refractivity contribution in [1.29, 1.82) is 0 Å². The second-order valence-corrected chi connectivity index (χ2v) is 5.99. The minimum absolute atomic E-state index is 0.119. The summed E-state index contributed by atoms with van der Waals surface area (Å²) < 4.78 is 13.3. The number of nitrogens with one attached hydrogen (secondary N) is 1. The van der Waals surface area contributed by atoms with Crippen LogP contribution in [0.1, 0.15) is 49.7 Å². The van der Waals surface area contributed by atoms with E-state index in [0.29, 0.717) is 6.04 Å². The SMILES string of the molecule is CNC(CCC1CCCC1)Cc1cc(F)ccc1C. The molecule has 1 atom stereocenters. The first-order valence-electron chi connectivity index (χ1n) is 7.61. The first kappa shape index (κ1) is 14.5. The molecule has 0 aromatic heterocycles. The molecule has 0 spiro atoms. The van der Waals surface area contributed by atoms with Gasteiger partial charge in [-0.25, -0.2) is 4.39 Å². The van der Waals surface area contributed by atoms with Gasteiger partial charge in [0.1, 0.15) is 5.82 Å². The Morgan fingerprint density at radius 1 is 1.32 bits per heavy atom. The van der Waals surface area contributed by atoms with Crippen LogP contribution in [0.25, 0.3) is 0 Å². The van der Waals surface area contributed by atoms with Crippen LogP contribution in [-0.2, 0) is 6.42 Å². The Hall–Kier alpha value is -0.890. The van der Waals surface area contributed by atoms with E-state index in [2.05, 4.69) is 12.2 Å². The Morgan fingerprint density at radius 2 is 2.05 bits per heavy atom. The Kier molecular flexibility index (Phi) is 5.38. The Morgan fingerprint density at radius 3 is 2.74 bits per heavy atom. The van der Waals surface area contributed by atoms with Gasteiger partial charge in [0.15, 0.2) is 0 Å². The van der Waals surface area contributed by atoms with Crippen molar-refractivity contribution in [3.8, 4) is 0 Å². The number of hydrogen-bond donors (Lipinski definition) is 1. The molecule has 0 bridgehead atoms. The molecule has 2 heteroatoms. The van der Waals surface area contributed by atoms with Gasteiger partial charge in [0, 0.05) is 6.04 Å². The average molecular weight is 263 g/mol. The summed E-state index contributed by atoms with van der Waals surface area (Å²) in [6.07, 6.45) is 9.12. The first-order valence-corrected chi connectivity index (χ1v) is 7.61. The van der Waals surface area contributed by atoms with Crippen LogP contribution in [0.4, 0.5) is 4.39 Å². The largest absolute Gasteiger partial charge is 0.317 e. The maximum Gasteiger partial charge on any atom is 0.123 e. The lowest BCUT2D eigenvalue weighted by molar-refractivity contribution is 0.418. The number of likely N-dealkylation sites (N-methyl/N-ethyl adjacent to an activating group) is 1. The van der Waals surface area contributed by atoms with Crippen LogP contribution < -0.4 is 5.32 Å². The number of benzene rings is 1. The van der Waals surface area contributed by atoms with Crippen molar-refractivity contribution in [1.82, 2.24) is 5.32 Å². The molecule has 0 aliphatic heterocycles. The predicted molar refractivity (Wildman–Crippen MR) is 78.9 cm³/mol. The summed E-state index contributed by atoms with van der Waals surface area (Å²) in [6, 6.07) is 5.59. The van der Waals surface area contributed by atoms with Crippen LogP contribution in [0, 0.1) is 18.7 Å². The Bertz CT molecular complexity index is 396. The molecule has 0 heterocycles. The fourth-order valence-electron chi connectivity index (χ4n) is 3.21. The highest BCUT2D eigenvalue weighted by Crippen LogP contribution is 2.29. The molecule has 1 N–H and O–H groups in total. The van der Waals surface area contributed by atoms with E-state index >= 15 is 0 Å². The fourth-order valence-corrected chi connectivity index (χ4v) is 3.21. The molecule has 1 aliphatic rings. The normalized spacial score (nSPS) is 17.8. The third kappa shape index (κ3) is 4.31. The molecule has 1 aromatic carbocycles. The highest BCUT2D eigenvalue weighted by atomic mass is 19.1. The Labute approximate surface area is 116 Å². The standard InChI is InChI=1S/C17H26FN/c1-13-7-9-16(18)11-15(13)12-17(19-2)10-8-14-5-3-4-6-14/h7,9,11,14,17,19H,3-6,8,10,12H2,1-2H3. The summed E-state index contributed by atoms with van der Waals surface area (Å²) in [5.74, 6) is 0.815. The summed E-state index contributed by atoms with van der Waals surface area (Å²) in [7, 11) is 2.02. The van der Waals surface area contributed by atoms with Crippen molar-refractivity contribution >= 4 is 0 Å². The van der Waals surface area contributed by atoms with Gasteiger partial charge in [-0.15, -0.1) is 0 Å². The van der Waals surface area contributed by atoms with Crippen molar-refractivity contribution in [2.45, 2.75) is 57.9 Å². The van der Waals surface area contributed by atoms with E-state index in [9.17, 15) is 4.39 Å². The summed E-state index contributed by atoms with van der Waals surface area (Å²) >= 11 is 0. The molecule has 1 aliphatic carbocycles. The minimum Gasteiger partial charge on any atom is -0.317 e. The van der Waals surface area contributed by atoms with Crippen molar-refractivity contribution < 1.29 is 4.39 Å². The molecule has 1 nitrogen and oxygen atoms in total. The predicted octanol–water partition coefficient (Wildman–Crippen LogP) is 4.24. The van der Waals surface area contributed by atoms with E-state index in [1.54, 1.807) is 12.1 Å². The van der Waals surface area contributed by atoms with Crippen molar-refractivity contribution in [3.63, 3.8) is 0 Å². The molecule has 19 heavy (non-hydrogen) atoms. The second-order valence-electron chi connectivity index (χ2n) is 5.99. The molecule has 1 unspecified atom stereocenters. The van der Waals surface area contributed by atoms with Gasteiger partial charge in [-0.2, -0.15) is 0 Å². The summed E-state index contributed by atoms with van der Waals surface area (Å²) in [6.45, 7) is 2.07. The van der Waals surface area contributed by atoms with Gasteiger partial charge >= 0.3 is 0 Å². The number of hydrogen-bond acceptors (Lipinski definition) is 1. The monoisotopic (exact) mass is 263 g/mol. The zero-order valence-electron chi connectivity index (χ0n) is 12.2. The van der Waals surface area contributed by atoms with E-state index in [4.69, 9.17) is 0 Å². The van der Waals surface area contributed by atoms with E-state index in [-0.39, 0.29) is 5.82 Å². The van der Waals surface area contributed by atoms with Gasteiger partial charge in [0.05, 0.1) is 0 Å². The van der Waals surface area contributed by atoms with E-state index in [1.165, 1.54) is 44.1 Å². The minimum atomic E-state index is -0.119. The van der Waals surface area contributed by atoms with Crippen LogP contribution in [0.5, 0.6) is 0 Å². The number of rotatable bonds is 6. The third-order valence-electron chi connectivity index (χ3n) is 4.58. The Balaban J connectivity index is 1.88. The maximum absolute atomic E-state index is 13.3. The van der Waals surface area contributed by atoms with E-state index < -0.39 is 0 Å². The molecule has 1 aromatic rings. The smallest absolute Gasteiger partial charge is 0.123 e. The van der Waals surface area contributed by atoms with Gasteiger partial charge in [-0.05, 0) is 62.4 Å². The topological polar surface area (TPSA) is 12.0 Å². The van der Waals surface area contributed by atoms with Gasteiger partial charge in [-0.3, -0.25) is 0 Å². The van der Waals surface area contributed by atoms with Crippen LogP contribution in [-0.4, -0.2) is 13.1 Å². The lowest BCUT2D eigenvalue weighted by Gasteiger charge is -2.19. The maximum atomic E-state index is 13.3. The van der Waals surface area contributed by atoms with Gasteiger partial charge in [-0.1, -0.05) is 31.7 Å². The average Bonchev–Trinajstić information content (AvgIpc) is 2.91. The van der Waals surface area contributed by atoms with E-state index in [0.717, 1.165) is 17.9 Å². The summed E-state index contributed by atoms with van der Waals surface area (Å²) in [4.78, 5) is 0. The van der Waals surface area contributed by atoms with Gasteiger partial charge in [0.2, 0.25) is 0 Å². The molecule has 1 fully saturated rings. The first-order chi connectivity index (χ1) is 9.19. The molecule has 1 saturated carbocycles. The van der Waals surface area contributed by atoms with Crippen molar-refractivity contribution in [2.24, 2.45) is 5.92 Å². The second kappa shape index (κ2) is 7.04. The van der Waals surface area contributed by atoms with Crippen LogP contribution >= 0.6 is 0 Å². The lowest BCUT2D eigenvalue weighted by atomic mass is 9.93. The molecule has 2 rings (SSSR count). The summed E-state index contributed by atoms with van der Waals surface area (Å²) in [5, 5.41) is 3.40. The summed E-state index contributed by atoms with van der Waals surface area (Å²) in [5.41, 5.74) is 2.34. The zero-order valence-corrected chi connectivity index (χ0v) is 12.2. The molecule has 0 saturated heterocycles. The molecule has 106 valence electrons. The lowest BCUT2D eigenvalue weighted by Crippen LogP contribution is -2.28. The number of halogens is 1. The van der Waals surface area contributed by atoms with Crippen LogP contribution in [0.15, 0.2) is 18.2 Å². The molecule has 0 amide bonds. The fraction of sp³-hybridized carbons (Fsp3) is 0.647. The van der Waals surface area contributed by atoms with Crippen LogP contribution in [0.3, 0.4) is 0 Å². The van der Waals surface area contributed by atoms with Gasteiger partial charge < -0.3 is 5.32 Å². The number of aryl methyl sites for hydroxylation is 1. The van der Waals surface area contributed by atoms with E-state index in [1.807, 2.05) is 13.1 Å². The van der Waals surface area contributed by atoms with Crippen molar-refractivity contribution in [2.75, 3.05) is 7.05 Å². The molecule has 0 radical (unpaired) electrons. The zero-order chi connectivity index (χ0) is 13.7.